The van der Waals surface area contributed by atoms with Crippen molar-refractivity contribution < 1.29 is 14.6 Å². The smallest absolute Gasteiger partial charge is 0.178 e. The fourth-order valence-electron chi connectivity index (χ4n) is 10.6. The van der Waals surface area contributed by atoms with Gasteiger partial charge in [-0.05, 0) is 120 Å². The van der Waals surface area contributed by atoms with Crippen molar-refractivity contribution >= 4 is 22.5 Å². The van der Waals surface area contributed by atoms with Gasteiger partial charge < -0.3 is 19.5 Å². The molecule has 3 fully saturated rings. The Bertz CT molecular complexity index is 2130. The molecule has 1 saturated heterocycles. The van der Waals surface area contributed by atoms with Gasteiger partial charge in [-0.25, -0.2) is 0 Å². The Morgan fingerprint density at radius 3 is 2.41 bits per heavy atom. The zero-order chi connectivity index (χ0) is 32.7. The number of piperidine rings is 1. The summed E-state index contributed by atoms with van der Waals surface area (Å²) in [4.78, 5) is 2.52. The lowest BCUT2D eigenvalue weighted by Crippen LogP contribution is -2.36. The molecule has 0 aromatic heterocycles. The largest absolute Gasteiger partial charge is 0.497 e. The van der Waals surface area contributed by atoms with Crippen molar-refractivity contribution in [3.63, 3.8) is 0 Å². The monoisotopic (exact) mass is 645 g/mol. The lowest BCUT2D eigenvalue weighted by atomic mass is 9.65. The second-order valence-electron chi connectivity index (χ2n) is 15.1. The summed E-state index contributed by atoms with van der Waals surface area (Å²) in [6, 6.07) is 33.1. The van der Waals surface area contributed by atoms with Crippen molar-refractivity contribution in [2.45, 2.75) is 62.6 Å². The third-order valence-electron chi connectivity index (χ3n) is 12.8. The van der Waals surface area contributed by atoms with Crippen LogP contribution < -0.4 is 14.4 Å². The predicted molar refractivity (Wildman–Crippen MR) is 197 cm³/mol. The van der Waals surface area contributed by atoms with Crippen molar-refractivity contribution in [2.75, 3.05) is 25.1 Å². The number of rotatable bonds is 5. The normalized spacial score (nSPS) is 26.1. The maximum Gasteiger partial charge on any atom is 0.178 e. The second kappa shape index (κ2) is 11.0. The van der Waals surface area contributed by atoms with Crippen LogP contribution in [-0.2, 0) is 17.6 Å². The van der Waals surface area contributed by atoms with Crippen molar-refractivity contribution in [3.8, 4) is 22.6 Å². The predicted octanol–water partition coefficient (Wildman–Crippen LogP) is 9.77. The average Bonchev–Trinajstić information content (AvgIpc) is 3.87. The first kappa shape index (κ1) is 29.4. The maximum atomic E-state index is 10.3. The molecule has 4 heteroatoms. The molecule has 2 heterocycles. The summed E-state index contributed by atoms with van der Waals surface area (Å²) < 4.78 is 13.5. The number of fused-ring (bicyclic) bond motifs is 13. The number of nitrogens with zero attached hydrogens (tertiary/aromatic N) is 1. The molecular weight excluding hydrogens is 602 g/mol. The first-order valence-electron chi connectivity index (χ1n) is 18.3. The molecule has 1 spiro atoms. The number of aliphatic hydroxyl groups is 1. The van der Waals surface area contributed by atoms with Gasteiger partial charge in [-0.3, -0.25) is 0 Å². The van der Waals surface area contributed by atoms with Crippen molar-refractivity contribution in [2.24, 2.45) is 11.8 Å². The molecule has 5 aromatic rings. The molecule has 2 saturated carbocycles. The van der Waals surface area contributed by atoms with Gasteiger partial charge in [0.05, 0.1) is 13.7 Å². The summed E-state index contributed by atoms with van der Waals surface area (Å²) in [5, 5.41) is 12.6. The Labute approximate surface area is 289 Å². The molecule has 5 aromatic carbocycles. The second-order valence-corrected chi connectivity index (χ2v) is 15.1. The Balaban J connectivity index is 1.23. The number of hydrogen-bond acceptors (Lipinski definition) is 4. The minimum Gasteiger partial charge on any atom is -0.497 e. The van der Waals surface area contributed by atoms with E-state index in [4.69, 9.17) is 9.47 Å². The molecular formula is C45H43NO3. The van der Waals surface area contributed by atoms with Gasteiger partial charge in [0, 0.05) is 46.3 Å². The van der Waals surface area contributed by atoms with Gasteiger partial charge in [-0.1, -0.05) is 73.2 Å². The third kappa shape index (κ3) is 4.13. The molecule has 4 atom stereocenters. The van der Waals surface area contributed by atoms with Crippen LogP contribution in [0.4, 0.5) is 5.69 Å². The highest BCUT2D eigenvalue weighted by Crippen LogP contribution is 2.69. The van der Waals surface area contributed by atoms with Crippen LogP contribution in [0.25, 0.3) is 28.0 Å². The van der Waals surface area contributed by atoms with Crippen LogP contribution in [0.2, 0.25) is 0 Å². The van der Waals surface area contributed by atoms with Crippen LogP contribution in [0.3, 0.4) is 0 Å². The number of benzene rings is 5. The number of aliphatic hydroxyl groups excluding tert-OH is 1. The van der Waals surface area contributed by atoms with Gasteiger partial charge >= 0.3 is 0 Å². The van der Waals surface area contributed by atoms with Crippen molar-refractivity contribution in [1.29, 1.82) is 0 Å². The Morgan fingerprint density at radius 1 is 0.857 bits per heavy atom. The van der Waals surface area contributed by atoms with E-state index >= 15 is 0 Å². The molecule has 246 valence electrons. The summed E-state index contributed by atoms with van der Waals surface area (Å²) in [5.74, 6) is 3.09. The molecule has 1 N–H and O–H groups in total. The molecule has 3 aliphatic carbocycles. The van der Waals surface area contributed by atoms with Gasteiger partial charge in [-0.2, -0.15) is 0 Å². The Morgan fingerprint density at radius 2 is 1.67 bits per heavy atom. The zero-order valence-corrected chi connectivity index (χ0v) is 28.3. The van der Waals surface area contributed by atoms with E-state index in [-0.39, 0.29) is 12.0 Å². The first-order chi connectivity index (χ1) is 24.1. The number of ether oxygens (including phenoxy) is 2. The average molecular weight is 646 g/mol. The molecule has 0 radical (unpaired) electrons. The van der Waals surface area contributed by atoms with Crippen LogP contribution in [-0.4, -0.2) is 25.3 Å². The molecule has 2 bridgehead atoms. The molecule has 49 heavy (non-hydrogen) atoms. The molecule has 4 unspecified atom stereocenters. The third-order valence-corrected chi connectivity index (χ3v) is 12.8. The van der Waals surface area contributed by atoms with Crippen molar-refractivity contribution in [3.05, 3.63) is 130 Å². The standard InChI is InChI=1S/C45H43NO3/c1-48-35-17-19-36-39(26-35)43-38(42-41(36)37-18-11-30(28-47)25-40(37)44(42)27-29-10-12-33(44)24-29)20-21-45(49-43,31-8-4-2-5-9-31)32-13-15-34(16-14-32)46-22-6-3-7-23-46/h2,4-5,8-9,11,13-21,25-26,29,33,47H,3,6-7,10,12,22-24,27-28H2,1H3. The fourth-order valence-corrected chi connectivity index (χ4v) is 10.6. The van der Waals surface area contributed by atoms with E-state index in [9.17, 15) is 5.11 Å². The highest BCUT2D eigenvalue weighted by molar-refractivity contribution is 6.09. The number of methoxy groups -OCH3 is 1. The van der Waals surface area contributed by atoms with E-state index in [0.29, 0.717) is 5.92 Å². The van der Waals surface area contributed by atoms with Crippen molar-refractivity contribution in [1.82, 2.24) is 0 Å². The van der Waals surface area contributed by atoms with E-state index in [2.05, 4.69) is 108 Å². The van der Waals surface area contributed by atoms with Crippen LogP contribution in [0.15, 0.2) is 97.1 Å². The molecule has 10 rings (SSSR count). The van der Waals surface area contributed by atoms with Gasteiger partial charge in [0.1, 0.15) is 11.5 Å². The summed E-state index contributed by atoms with van der Waals surface area (Å²) >= 11 is 0. The van der Waals surface area contributed by atoms with E-state index < -0.39 is 5.60 Å². The van der Waals surface area contributed by atoms with Gasteiger partial charge in [0.25, 0.3) is 0 Å². The summed E-state index contributed by atoms with van der Waals surface area (Å²) in [5.41, 5.74) is 10.4. The summed E-state index contributed by atoms with van der Waals surface area (Å²) in [6.07, 6.45) is 13.6. The Kier molecular flexibility index (Phi) is 6.59. The van der Waals surface area contributed by atoms with E-state index in [1.165, 1.54) is 77.4 Å². The number of anilines is 1. The topological polar surface area (TPSA) is 41.9 Å². The highest BCUT2D eigenvalue weighted by atomic mass is 16.5. The minimum atomic E-state index is -0.795. The Hall–Kier alpha value is -4.54. The molecule has 0 amide bonds. The highest BCUT2D eigenvalue weighted by Gasteiger charge is 2.58. The van der Waals surface area contributed by atoms with Gasteiger partial charge in [-0.15, -0.1) is 0 Å². The van der Waals surface area contributed by atoms with Crippen LogP contribution in [0.1, 0.15) is 78.3 Å². The molecule has 4 nitrogen and oxygen atoms in total. The van der Waals surface area contributed by atoms with Crippen LogP contribution in [0, 0.1) is 11.8 Å². The molecule has 2 aliphatic heterocycles. The van der Waals surface area contributed by atoms with Crippen LogP contribution >= 0.6 is 0 Å². The fraction of sp³-hybridized carbons (Fsp3) is 0.333. The first-order valence-corrected chi connectivity index (χ1v) is 18.3. The SMILES string of the molecule is COc1ccc2c3c(c4c(c2c1)OC(c1ccccc1)(c1ccc(N2CCCCC2)cc1)C=C4)C1(CC2CCC1C2)c1cc(CO)ccc1-3. The lowest BCUT2D eigenvalue weighted by molar-refractivity contribution is 0.163. The summed E-state index contributed by atoms with van der Waals surface area (Å²) in [6.45, 7) is 2.30. The molecule has 5 aliphatic rings. The minimum absolute atomic E-state index is 0.0585. The van der Waals surface area contributed by atoms with E-state index in [1.54, 1.807) is 7.11 Å². The van der Waals surface area contributed by atoms with Gasteiger partial charge in [0.2, 0.25) is 0 Å². The quantitative estimate of drug-likeness (QED) is 0.207. The van der Waals surface area contributed by atoms with E-state index in [0.717, 1.165) is 59.0 Å². The lowest BCUT2D eigenvalue weighted by Gasteiger charge is -2.41. The zero-order valence-electron chi connectivity index (χ0n) is 28.3. The summed E-state index contributed by atoms with van der Waals surface area (Å²) in [7, 11) is 1.75. The number of hydrogen-bond donors (Lipinski definition) is 1. The maximum absolute atomic E-state index is 10.3. The van der Waals surface area contributed by atoms with E-state index in [1.807, 2.05) is 0 Å². The van der Waals surface area contributed by atoms with Crippen LogP contribution in [0.5, 0.6) is 11.5 Å². The van der Waals surface area contributed by atoms with Gasteiger partial charge in [0.15, 0.2) is 5.60 Å².